The minimum absolute atomic E-state index is 0.0233. The SMILES string of the molecule is CC1(C)S/C(=N\S(=O)(=O)c2ccc(Cl)cc2)N(c2ccccc2)C1=O. The van der Waals surface area contributed by atoms with Gasteiger partial charge in [0, 0.05) is 5.02 Å². The van der Waals surface area contributed by atoms with Gasteiger partial charge in [-0.2, -0.15) is 8.42 Å². The van der Waals surface area contributed by atoms with Crippen molar-refractivity contribution in [3.63, 3.8) is 0 Å². The molecular formula is C17H15ClN2O3S2. The van der Waals surface area contributed by atoms with E-state index in [2.05, 4.69) is 4.40 Å². The molecule has 1 amide bonds. The monoisotopic (exact) mass is 394 g/mol. The normalized spacial score (nSPS) is 18.8. The molecule has 2 aromatic rings. The number of carbonyl (C=O) groups is 1. The third-order valence-corrected chi connectivity index (χ3v) is 6.37. The summed E-state index contributed by atoms with van der Waals surface area (Å²) in [5.41, 5.74) is 0.579. The van der Waals surface area contributed by atoms with Gasteiger partial charge in [-0.25, -0.2) is 0 Å². The van der Waals surface area contributed by atoms with E-state index in [9.17, 15) is 13.2 Å². The zero-order valence-corrected chi connectivity index (χ0v) is 15.9. The van der Waals surface area contributed by atoms with Crippen LogP contribution in [0.15, 0.2) is 63.9 Å². The Balaban J connectivity index is 2.08. The number of amidine groups is 1. The summed E-state index contributed by atoms with van der Waals surface area (Å²) < 4.78 is 28.3. The molecule has 0 spiro atoms. The topological polar surface area (TPSA) is 66.8 Å². The first-order valence-corrected chi connectivity index (χ1v) is 10.0. The third-order valence-electron chi connectivity index (χ3n) is 3.58. The second-order valence-corrected chi connectivity index (χ2v) is 9.52. The van der Waals surface area contributed by atoms with E-state index < -0.39 is 14.8 Å². The van der Waals surface area contributed by atoms with Crippen LogP contribution in [0.4, 0.5) is 5.69 Å². The number of carbonyl (C=O) groups excluding carboxylic acids is 1. The maximum absolute atomic E-state index is 12.7. The molecule has 25 heavy (non-hydrogen) atoms. The Morgan fingerprint density at radius 1 is 1.04 bits per heavy atom. The molecular weight excluding hydrogens is 380 g/mol. The van der Waals surface area contributed by atoms with Crippen LogP contribution in [0.1, 0.15) is 13.8 Å². The fourth-order valence-corrected chi connectivity index (χ4v) is 4.66. The molecule has 0 saturated carbocycles. The summed E-state index contributed by atoms with van der Waals surface area (Å²) in [6, 6.07) is 14.6. The Morgan fingerprint density at radius 2 is 1.64 bits per heavy atom. The lowest BCUT2D eigenvalue weighted by atomic mass is 10.1. The van der Waals surface area contributed by atoms with Crippen LogP contribution in [-0.4, -0.2) is 24.2 Å². The number of nitrogens with zero attached hydrogens (tertiary/aromatic N) is 2. The van der Waals surface area contributed by atoms with Gasteiger partial charge in [0.25, 0.3) is 10.0 Å². The lowest BCUT2D eigenvalue weighted by molar-refractivity contribution is -0.118. The summed E-state index contributed by atoms with van der Waals surface area (Å²) in [6.07, 6.45) is 0. The van der Waals surface area contributed by atoms with Gasteiger partial charge in [0.2, 0.25) is 5.91 Å². The molecule has 0 radical (unpaired) electrons. The Kier molecular flexibility index (Phi) is 4.66. The molecule has 0 bridgehead atoms. The van der Waals surface area contributed by atoms with Crippen molar-refractivity contribution < 1.29 is 13.2 Å². The molecule has 1 heterocycles. The van der Waals surface area contributed by atoms with Crippen LogP contribution >= 0.6 is 23.4 Å². The van der Waals surface area contributed by atoms with Crippen LogP contribution in [0, 0.1) is 0 Å². The number of hydrogen-bond donors (Lipinski definition) is 0. The maximum Gasteiger partial charge on any atom is 0.284 e. The highest BCUT2D eigenvalue weighted by atomic mass is 35.5. The second kappa shape index (κ2) is 6.48. The van der Waals surface area contributed by atoms with Crippen LogP contribution in [-0.2, 0) is 14.8 Å². The molecule has 0 aromatic heterocycles. The first-order valence-electron chi connectivity index (χ1n) is 7.40. The molecule has 2 aromatic carbocycles. The van der Waals surface area contributed by atoms with E-state index in [-0.39, 0.29) is 16.0 Å². The average Bonchev–Trinajstić information content (AvgIpc) is 2.77. The predicted molar refractivity (Wildman–Crippen MR) is 102 cm³/mol. The first kappa shape index (κ1) is 18.0. The quantitative estimate of drug-likeness (QED) is 0.790. The zero-order chi connectivity index (χ0) is 18.2. The molecule has 1 aliphatic rings. The van der Waals surface area contributed by atoms with Crippen molar-refractivity contribution in [2.75, 3.05) is 4.90 Å². The van der Waals surface area contributed by atoms with Gasteiger partial charge >= 0.3 is 0 Å². The molecule has 3 rings (SSSR count). The number of anilines is 1. The van der Waals surface area contributed by atoms with E-state index in [1.807, 2.05) is 6.07 Å². The molecule has 8 heteroatoms. The predicted octanol–water partition coefficient (Wildman–Crippen LogP) is 3.94. The fourth-order valence-electron chi connectivity index (χ4n) is 2.30. The largest absolute Gasteiger partial charge is 0.284 e. The first-order chi connectivity index (χ1) is 11.7. The average molecular weight is 395 g/mol. The summed E-state index contributed by atoms with van der Waals surface area (Å²) in [5.74, 6) is -0.214. The Bertz CT molecular complexity index is 940. The van der Waals surface area contributed by atoms with E-state index in [0.717, 1.165) is 11.8 Å². The summed E-state index contributed by atoms with van der Waals surface area (Å²) >= 11 is 6.93. The van der Waals surface area contributed by atoms with Crippen molar-refractivity contribution in [2.24, 2.45) is 4.40 Å². The number of thioether (sulfide) groups is 1. The van der Waals surface area contributed by atoms with Crippen molar-refractivity contribution in [2.45, 2.75) is 23.5 Å². The second-order valence-electron chi connectivity index (χ2n) is 5.89. The molecule has 0 unspecified atom stereocenters. The lowest BCUT2D eigenvalue weighted by Crippen LogP contribution is -2.36. The van der Waals surface area contributed by atoms with E-state index in [4.69, 9.17) is 11.6 Å². The summed E-state index contributed by atoms with van der Waals surface area (Å²) in [6.45, 7) is 3.49. The van der Waals surface area contributed by atoms with E-state index in [1.54, 1.807) is 38.1 Å². The van der Waals surface area contributed by atoms with Gasteiger partial charge in [0.1, 0.15) is 0 Å². The Morgan fingerprint density at radius 3 is 2.24 bits per heavy atom. The fraction of sp³-hybridized carbons (Fsp3) is 0.176. The van der Waals surface area contributed by atoms with Gasteiger partial charge < -0.3 is 0 Å². The summed E-state index contributed by atoms with van der Waals surface area (Å²) in [5, 5.41) is 0.570. The number of hydrogen-bond acceptors (Lipinski definition) is 4. The number of amides is 1. The van der Waals surface area contributed by atoms with Crippen molar-refractivity contribution in [3.05, 3.63) is 59.6 Å². The minimum Gasteiger partial charge on any atom is -0.272 e. The highest BCUT2D eigenvalue weighted by molar-refractivity contribution is 8.17. The van der Waals surface area contributed by atoms with Crippen LogP contribution < -0.4 is 4.90 Å². The number of sulfonamides is 1. The van der Waals surface area contributed by atoms with Gasteiger partial charge in [0.15, 0.2) is 5.17 Å². The number of para-hydroxylation sites is 1. The van der Waals surface area contributed by atoms with Gasteiger partial charge in [-0.1, -0.05) is 41.6 Å². The summed E-state index contributed by atoms with van der Waals surface area (Å²) in [7, 11) is -3.96. The number of halogens is 1. The van der Waals surface area contributed by atoms with E-state index in [1.165, 1.54) is 29.2 Å². The molecule has 5 nitrogen and oxygen atoms in total. The smallest absolute Gasteiger partial charge is 0.272 e. The molecule has 1 fully saturated rings. The number of rotatable bonds is 3. The Labute approximate surface area is 155 Å². The van der Waals surface area contributed by atoms with Crippen LogP contribution in [0.25, 0.3) is 0 Å². The molecule has 0 atom stereocenters. The van der Waals surface area contributed by atoms with Gasteiger partial charge in [-0.3, -0.25) is 9.69 Å². The van der Waals surface area contributed by atoms with Gasteiger partial charge in [-0.15, -0.1) is 4.40 Å². The van der Waals surface area contributed by atoms with E-state index >= 15 is 0 Å². The molecule has 1 aliphatic heterocycles. The molecule has 1 saturated heterocycles. The third kappa shape index (κ3) is 3.58. The zero-order valence-electron chi connectivity index (χ0n) is 13.5. The van der Waals surface area contributed by atoms with Crippen molar-refractivity contribution in [1.29, 1.82) is 0 Å². The standard InChI is InChI=1S/C17H15ClN2O3S2/c1-17(2)15(21)20(13-6-4-3-5-7-13)16(24-17)19-25(22,23)14-10-8-12(18)9-11-14/h3-11H,1-2H3/b19-16-. The minimum atomic E-state index is -3.96. The van der Waals surface area contributed by atoms with Crippen LogP contribution in [0.2, 0.25) is 5.02 Å². The van der Waals surface area contributed by atoms with Gasteiger partial charge in [0.05, 0.1) is 15.3 Å². The lowest BCUT2D eigenvalue weighted by Gasteiger charge is -2.17. The maximum atomic E-state index is 12.7. The molecule has 0 aliphatic carbocycles. The van der Waals surface area contributed by atoms with Gasteiger partial charge in [-0.05, 0) is 50.2 Å². The van der Waals surface area contributed by atoms with Crippen molar-refractivity contribution in [1.82, 2.24) is 0 Å². The Hall–Kier alpha value is -1.83. The van der Waals surface area contributed by atoms with Crippen LogP contribution in [0.5, 0.6) is 0 Å². The summed E-state index contributed by atoms with van der Waals surface area (Å²) in [4.78, 5) is 14.1. The number of benzene rings is 2. The molecule has 130 valence electrons. The molecule has 0 N–H and O–H groups in total. The van der Waals surface area contributed by atoms with Crippen LogP contribution in [0.3, 0.4) is 0 Å². The van der Waals surface area contributed by atoms with E-state index in [0.29, 0.717) is 10.7 Å². The van der Waals surface area contributed by atoms with Crippen molar-refractivity contribution >= 4 is 50.1 Å². The highest BCUT2D eigenvalue weighted by Gasteiger charge is 2.46. The highest BCUT2D eigenvalue weighted by Crippen LogP contribution is 2.40. The van der Waals surface area contributed by atoms with Crippen molar-refractivity contribution in [3.8, 4) is 0 Å².